The fourth-order valence-corrected chi connectivity index (χ4v) is 12.4. The number of hydrogen-bond donors (Lipinski definition) is 0. The second kappa shape index (κ2) is 9.51. The van der Waals surface area contributed by atoms with Gasteiger partial charge in [-0.25, -0.2) is 0 Å². The second-order valence-corrected chi connectivity index (χ2v) is 15.2. The molecule has 3 heteroatoms. The first-order chi connectivity index (χ1) is 13.3. The number of fused-ring (bicyclic) bond motifs is 3. The van der Waals surface area contributed by atoms with Crippen LogP contribution in [0.1, 0.15) is 28.7 Å². The molecule has 0 radical (unpaired) electrons. The molecule has 0 N–H and O–H groups in total. The van der Waals surface area contributed by atoms with Crippen LogP contribution in [0.4, 0.5) is 0 Å². The number of rotatable bonds is 3. The van der Waals surface area contributed by atoms with Gasteiger partial charge in [0.1, 0.15) is 0 Å². The van der Waals surface area contributed by atoms with Crippen molar-refractivity contribution in [3.05, 3.63) is 107 Å². The van der Waals surface area contributed by atoms with E-state index in [-0.39, 0.29) is 24.8 Å². The van der Waals surface area contributed by atoms with E-state index in [9.17, 15) is 0 Å². The summed E-state index contributed by atoms with van der Waals surface area (Å²) in [5, 5.41) is 0. The van der Waals surface area contributed by atoms with E-state index in [2.05, 4.69) is 93.4 Å². The Hall–Kier alpha value is -1.54. The van der Waals surface area contributed by atoms with Gasteiger partial charge in [0.25, 0.3) is 0 Å². The average molecular weight is 584 g/mol. The quantitative estimate of drug-likeness (QED) is 0.292. The molecule has 0 fully saturated rings. The van der Waals surface area contributed by atoms with Gasteiger partial charge in [-0.3, -0.25) is 0 Å². The normalized spacial score (nSPS) is 13.2. The Bertz CT molecular complexity index is 1120. The Labute approximate surface area is 193 Å². The summed E-state index contributed by atoms with van der Waals surface area (Å²) in [4.78, 5) is 0. The topological polar surface area (TPSA) is 0 Å². The van der Waals surface area contributed by atoms with E-state index < -0.39 is 21.0 Å². The maximum Gasteiger partial charge on any atom is -1.00 e. The van der Waals surface area contributed by atoms with Gasteiger partial charge in [0.05, 0.1) is 0 Å². The van der Waals surface area contributed by atoms with Gasteiger partial charge >= 0.3 is 169 Å². The molecule has 0 spiro atoms. The maximum absolute atomic E-state index is 2.62. The summed E-state index contributed by atoms with van der Waals surface area (Å²) >= 11 is -2.12. The van der Waals surface area contributed by atoms with Crippen molar-refractivity contribution < 1.29 is 45.8 Å². The van der Waals surface area contributed by atoms with E-state index in [0.717, 1.165) is 12.8 Å². The fourth-order valence-electron chi connectivity index (χ4n) is 4.45. The molecule has 0 bridgehead atoms. The zero-order valence-corrected chi connectivity index (χ0v) is 21.4. The molecule has 5 rings (SSSR count). The average Bonchev–Trinajstić information content (AvgIpc) is 3.35. The van der Waals surface area contributed by atoms with Crippen LogP contribution in [0.15, 0.2) is 85.0 Å². The standard InChI is InChI=1S/C18H13.C7H6.CH3.2ClH.Hf/c1-2-6-13(5-1)14-9-10-18-16(11-14)12-15-7-3-4-8-17(15)18;1-7-5-3-2-4-6-7;;;;/h1-5,7-10H,6,12H2;1-6H;1H3;2*1H;/q;;;;;+2/p-2. The predicted octanol–water partition coefficient (Wildman–Crippen LogP) is -0.249. The van der Waals surface area contributed by atoms with Gasteiger partial charge in [-0.1, -0.05) is 0 Å². The van der Waals surface area contributed by atoms with Crippen molar-refractivity contribution in [2.24, 2.45) is 0 Å². The molecule has 0 unspecified atom stereocenters. The van der Waals surface area contributed by atoms with Gasteiger partial charge in [-0.15, -0.1) is 0 Å². The number of benzene rings is 3. The van der Waals surface area contributed by atoms with Crippen LogP contribution < -0.4 is 28.1 Å². The molecular formula is C26H22Cl2Hf. The molecule has 0 aliphatic heterocycles. The third kappa shape index (κ3) is 4.19. The van der Waals surface area contributed by atoms with Crippen molar-refractivity contribution in [2.75, 3.05) is 0 Å². The molecule has 3 aromatic rings. The van der Waals surface area contributed by atoms with Crippen LogP contribution in [0.2, 0.25) is 4.68 Å². The van der Waals surface area contributed by atoms with Crippen LogP contribution in [0, 0.1) is 0 Å². The van der Waals surface area contributed by atoms with E-state index in [1.165, 1.54) is 33.4 Å². The van der Waals surface area contributed by atoms with Crippen LogP contribution in [-0.4, -0.2) is 3.76 Å². The van der Waals surface area contributed by atoms with Crippen LogP contribution in [0.3, 0.4) is 0 Å². The van der Waals surface area contributed by atoms with Gasteiger partial charge in [-0.05, 0) is 0 Å². The Balaban J connectivity index is 0.00000120. The van der Waals surface area contributed by atoms with E-state index in [4.69, 9.17) is 0 Å². The SMILES string of the molecule is [CH3][Hf+2](=[CH]c1ccccc1)[c]1c(C2=CC=CC2)ccc2c1Cc1ccccc1-2.[Cl-].[Cl-]. The van der Waals surface area contributed by atoms with E-state index in [0.29, 0.717) is 0 Å². The van der Waals surface area contributed by atoms with Crippen LogP contribution in [0.25, 0.3) is 16.7 Å². The molecule has 144 valence electrons. The minimum absolute atomic E-state index is 0. The molecule has 2 aliphatic rings. The van der Waals surface area contributed by atoms with E-state index in [1.807, 2.05) is 0 Å². The molecule has 2 aliphatic carbocycles. The van der Waals surface area contributed by atoms with E-state index in [1.54, 1.807) is 8.88 Å². The predicted molar refractivity (Wildman–Crippen MR) is 114 cm³/mol. The van der Waals surface area contributed by atoms with Crippen molar-refractivity contribution in [1.82, 2.24) is 0 Å². The molecule has 3 aromatic carbocycles. The van der Waals surface area contributed by atoms with Crippen molar-refractivity contribution >= 4 is 12.7 Å². The minimum atomic E-state index is -2.12. The van der Waals surface area contributed by atoms with Gasteiger partial charge in [0.2, 0.25) is 0 Å². The summed E-state index contributed by atoms with van der Waals surface area (Å²) in [6.45, 7) is 0. The summed E-state index contributed by atoms with van der Waals surface area (Å²) in [6, 6.07) is 24.6. The zero-order chi connectivity index (χ0) is 18.2. The van der Waals surface area contributed by atoms with Crippen molar-refractivity contribution in [1.29, 1.82) is 0 Å². The molecular weight excluding hydrogens is 562 g/mol. The molecule has 0 saturated carbocycles. The van der Waals surface area contributed by atoms with Crippen LogP contribution >= 0.6 is 0 Å². The van der Waals surface area contributed by atoms with Crippen molar-refractivity contribution in [2.45, 2.75) is 17.5 Å². The minimum Gasteiger partial charge on any atom is -1.00 e. The Kier molecular flexibility index (Phi) is 7.27. The molecule has 0 atom stereocenters. The van der Waals surface area contributed by atoms with Gasteiger partial charge < -0.3 is 24.8 Å². The number of allylic oxidation sites excluding steroid dienone is 4. The molecule has 0 aromatic heterocycles. The monoisotopic (exact) mass is 584 g/mol. The number of hydrogen-bond acceptors (Lipinski definition) is 0. The molecule has 0 amide bonds. The fraction of sp³-hybridized carbons (Fsp3) is 0.115. The first-order valence-electron chi connectivity index (χ1n) is 9.65. The first-order valence-corrected chi connectivity index (χ1v) is 17.1. The summed E-state index contributed by atoms with van der Waals surface area (Å²) in [5.41, 5.74) is 10.4. The number of halogens is 2. The Morgan fingerprint density at radius 3 is 2.28 bits per heavy atom. The second-order valence-electron chi connectivity index (χ2n) is 7.41. The summed E-state index contributed by atoms with van der Waals surface area (Å²) < 4.78 is 6.89. The Morgan fingerprint density at radius 2 is 1.52 bits per heavy atom. The molecule has 0 nitrogen and oxygen atoms in total. The van der Waals surface area contributed by atoms with Gasteiger partial charge in [-0.2, -0.15) is 0 Å². The smallest absolute Gasteiger partial charge is 1.00 e. The summed E-state index contributed by atoms with van der Waals surface area (Å²) in [5.74, 6) is 0. The van der Waals surface area contributed by atoms with Crippen LogP contribution in [0.5, 0.6) is 0 Å². The Morgan fingerprint density at radius 1 is 0.793 bits per heavy atom. The van der Waals surface area contributed by atoms with Crippen molar-refractivity contribution in [3.8, 4) is 11.1 Å². The van der Waals surface area contributed by atoms with Crippen LogP contribution in [-0.2, 0) is 27.4 Å². The first kappa shape index (κ1) is 22.2. The van der Waals surface area contributed by atoms with E-state index >= 15 is 0 Å². The summed E-state index contributed by atoms with van der Waals surface area (Å²) in [6.07, 6.45) is 8.98. The largest absolute Gasteiger partial charge is 1.00 e. The third-order valence-corrected chi connectivity index (χ3v) is 13.3. The third-order valence-electron chi connectivity index (χ3n) is 5.68. The zero-order valence-electron chi connectivity index (χ0n) is 16.3. The molecule has 0 saturated heterocycles. The molecule has 29 heavy (non-hydrogen) atoms. The van der Waals surface area contributed by atoms with Gasteiger partial charge in [0.15, 0.2) is 0 Å². The molecule has 0 heterocycles. The summed E-state index contributed by atoms with van der Waals surface area (Å²) in [7, 11) is 0. The van der Waals surface area contributed by atoms with Gasteiger partial charge in [0, 0.05) is 0 Å². The van der Waals surface area contributed by atoms with Crippen molar-refractivity contribution in [3.63, 3.8) is 0 Å². The maximum atomic E-state index is 2.62.